The van der Waals surface area contributed by atoms with Crippen LogP contribution in [-0.2, 0) is 10.0 Å². The van der Waals surface area contributed by atoms with E-state index in [-0.39, 0.29) is 11.4 Å². The van der Waals surface area contributed by atoms with Gasteiger partial charge in [0, 0.05) is 11.5 Å². The molecule has 3 rings (SSSR count). The second kappa shape index (κ2) is 6.70. The smallest absolute Gasteiger partial charge is 0.336 e. The van der Waals surface area contributed by atoms with Crippen molar-refractivity contribution in [1.29, 1.82) is 0 Å². The molecule has 0 saturated heterocycles. The van der Waals surface area contributed by atoms with Gasteiger partial charge in [-0.25, -0.2) is 13.2 Å². The largest absolute Gasteiger partial charge is 0.423 e. The molecule has 25 heavy (non-hydrogen) atoms. The Balaban J connectivity index is 2.11. The average molecular weight is 359 g/mol. The Kier molecular flexibility index (Phi) is 4.61. The minimum atomic E-state index is -3.90. The lowest BCUT2D eigenvalue weighted by molar-refractivity contribution is 0.204. The van der Waals surface area contributed by atoms with Crippen molar-refractivity contribution in [3.05, 3.63) is 71.1 Å². The molecule has 1 N–H and O–H groups in total. The molecule has 130 valence electrons. The van der Waals surface area contributed by atoms with Crippen molar-refractivity contribution in [2.75, 3.05) is 10.8 Å². The number of benzene rings is 2. The van der Waals surface area contributed by atoms with Crippen molar-refractivity contribution < 1.29 is 17.9 Å². The minimum Gasteiger partial charge on any atom is -0.423 e. The van der Waals surface area contributed by atoms with Gasteiger partial charge >= 0.3 is 5.63 Å². The maximum absolute atomic E-state index is 13.1. The van der Waals surface area contributed by atoms with Gasteiger partial charge in [-0.1, -0.05) is 18.2 Å². The fourth-order valence-corrected chi connectivity index (χ4v) is 4.10. The summed E-state index contributed by atoms with van der Waals surface area (Å²) in [6.45, 7) is 1.45. The van der Waals surface area contributed by atoms with Crippen molar-refractivity contribution in [2.45, 2.75) is 17.9 Å². The quantitative estimate of drug-likeness (QED) is 0.707. The van der Waals surface area contributed by atoms with E-state index in [0.717, 1.165) is 4.31 Å². The molecule has 0 aliphatic rings. The molecule has 3 aromatic rings. The zero-order chi connectivity index (χ0) is 18.0. The summed E-state index contributed by atoms with van der Waals surface area (Å²) in [6.07, 6.45) is -0.839. The van der Waals surface area contributed by atoms with E-state index in [0.29, 0.717) is 16.7 Å². The molecule has 0 amide bonds. The second-order valence-electron chi connectivity index (χ2n) is 5.67. The first-order valence-corrected chi connectivity index (χ1v) is 9.12. The van der Waals surface area contributed by atoms with Gasteiger partial charge < -0.3 is 9.52 Å². The van der Waals surface area contributed by atoms with E-state index in [2.05, 4.69) is 0 Å². The lowest BCUT2D eigenvalue weighted by Crippen LogP contribution is -2.36. The van der Waals surface area contributed by atoms with Crippen LogP contribution in [0.1, 0.15) is 6.92 Å². The van der Waals surface area contributed by atoms with Crippen molar-refractivity contribution in [2.24, 2.45) is 0 Å². The molecule has 6 nitrogen and oxygen atoms in total. The van der Waals surface area contributed by atoms with Crippen molar-refractivity contribution in [3.8, 4) is 0 Å². The van der Waals surface area contributed by atoms with E-state index in [1.54, 1.807) is 30.3 Å². The Morgan fingerprint density at radius 2 is 1.80 bits per heavy atom. The van der Waals surface area contributed by atoms with Gasteiger partial charge in [0.25, 0.3) is 10.0 Å². The van der Waals surface area contributed by atoms with Gasteiger partial charge in [-0.2, -0.15) is 0 Å². The molecule has 1 atom stereocenters. The highest BCUT2D eigenvalue weighted by Crippen LogP contribution is 2.26. The molecule has 1 heterocycles. The third-order valence-corrected chi connectivity index (χ3v) is 5.44. The number of rotatable bonds is 5. The summed E-state index contributed by atoms with van der Waals surface area (Å²) in [4.78, 5) is 11.3. The number of para-hydroxylation sites is 1. The van der Waals surface area contributed by atoms with Crippen LogP contribution in [0.5, 0.6) is 0 Å². The lowest BCUT2D eigenvalue weighted by Gasteiger charge is -2.25. The van der Waals surface area contributed by atoms with E-state index in [4.69, 9.17) is 4.42 Å². The Hall–Kier alpha value is -2.64. The summed E-state index contributed by atoms with van der Waals surface area (Å²) in [5.41, 5.74) is 0.277. The van der Waals surface area contributed by atoms with Gasteiger partial charge in [0.15, 0.2) is 0 Å². The summed E-state index contributed by atoms with van der Waals surface area (Å²) in [5.74, 6) is 0. The summed E-state index contributed by atoms with van der Waals surface area (Å²) < 4.78 is 32.4. The zero-order valence-electron chi connectivity index (χ0n) is 13.5. The maximum Gasteiger partial charge on any atom is 0.336 e. The Labute approximate surface area is 145 Å². The second-order valence-corrected chi connectivity index (χ2v) is 7.54. The normalized spacial score (nSPS) is 12.9. The Morgan fingerprint density at radius 3 is 2.48 bits per heavy atom. The minimum absolute atomic E-state index is 0.0540. The van der Waals surface area contributed by atoms with Gasteiger partial charge in [0.05, 0.1) is 23.2 Å². The predicted molar refractivity (Wildman–Crippen MR) is 95.1 cm³/mol. The molecule has 0 saturated carbocycles. The van der Waals surface area contributed by atoms with Crippen LogP contribution >= 0.6 is 0 Å². The molecule has 0 unspecified atom stereocenters. The molecule has 0 bridgehead atoms. The average Bonchev–Trinajstić information content (AvgIpc) is 2.59. The summed E-state index contributed by atoms with van der Waals surface area (Å²) >= 11 is 0. The highest BCUT2D eigenvalue weighted by Gasteiger charge is 2.26. The molecule has 0 fully saturated rings. The Morgan fingerprint density at radius 1 is 1.08 bits per heavy atom. The SMILES string of the molecule is C[C@H](O)CN(c1ccccc1)S(=O)(=O)c1ccc2oc(=O)ccc2c1. The predicted octanol–water partition coefficient (Wildman–Crippen LogP) is 2.37. The fourth-order valence-electron chi connectivity index (χ4n) is 2.51. The maximum atomic E-state index is 13.1. The van der Waals surface area contributed by atoms with Crippen LogP contribution in [0.25, 0.3) is 11.0 Å². The van der Waals surface area contributed by atoms with Crippen LogP contribution in [0.2, 0.25) is 0 Å². The third kappa shape index (κ3) is 3.57. The number of aliphatic hydroxyl groups excluding tert-OH is 1. The number of hydrogen-bond donors (Lipinski definition) is 1. The van der Waals surface area contributed by atoms with E-state index < -0.39 is 21.8 Å². The summed E-state index contributed by atoms with van der Waals surface area (Å²) in [5, 5.41) is 10.2. The number of nitrogens with zero attached hydrogens (tertiary/aromatic N) is 1. The summed E-state index contributed by atoms with van der Waals surface area (Å²) in [6, 6.07) is 15.6. The van der Waals surface area contributed by atoms with Crippen LogP contribution < -0.4 is 9.93 Å². The molecular weight excluding hydrogens is 342 g/mol. The van der Waals surface area contributed by atoms with Gasteiger partial charge in [-0.3, -0.25) is 4.31 Å². The Bertz CT molecular complexity index is 1040. The van der Waals surface area contributed by atoms with E-state index >= 15 is 0 Å². The first-order chi connectivity index (χ1) is 11.9. The van der Waals surface area contributed by atoms with E-state index in [1.807, 2.05) is 0 Å². The molecule has 1 aromatic heterocycles. The van der Waals surface area contributed by atoms with E-state index in [1.165, 1.54) is 37.3 Å². The molecule has 0 aliphatic carbocycles. The lowest BCUT2D eigenvalue weighted by atomic mass is 10.2. The van der Waals surface area contributed by atoms with Gasteiger partial charge in [-0.05, 0) is 43.3 Å². The first-order valence-electron chi connectivity index (χ1n) is 7.68. The van der Waals surface area contributed by atoms with Crippen molar-refractivity contribution >= 4 is 26.7 Å². The molecule has 7 heteroatoms. The zero-order valence-corrected chi connectivity index (χ0v) is 14.3. The first kappa shape index (κ1) is 17.2. The topological polar surface area (TPSA) is 87.8 Å². The fraction of sp³-hybridized carbons (Fsp3) is 0.167. The van der Waals surface area contributed by atoms with Crippen LogP contribution in [-0.4, -0.2) is 26.2 Å². The standard InChI is InChI=1S/C18H17NO5S/c1-13(20)12-19(15-5-3-2-4-6-15)25(22,23)16-8-9-17-14(11-16)7-10-18(21)24-17/h2-11,13,20H,12H2,1H3/t13-/m0/s1. The number of hydrogen-bond acceptors (Lipinski definition) is 5. The molecular formula is C18H17NO5S. The van der Waals surface area contributed by atoms with Crippen LogP contribution in [0.15, 0.2) is 74.8 Å². The van der Waals surface area contributed by atoms with Crippen LogP contribution in [0.3, 0.4) is 0 Å². The van der Waals surface area contributed by atoms with E-state index in [9.17, 15) is 18.3 Å². The number of sulfonamides is 1. The summed E-state index contributed by atoms with van der Waals surface area (Å²) in [7, 11) is -3.90. The molecule has 0 spiro atoms. The van der Waals surface area contributed by atoms with Gasteiger partial charge in [0.1, 0.15) is 5.58 Å². The van der Waals surface area contributed by atoms with Gasteiger partial charge in [0.2, 0.25) is 0 Å². The highest BCUT2D eigenvalue weighted by atomic mass is 32.2. The molecule has 2 aromatic carbocycles. The molecule has 0 radical (unpaired) electrons. The highest BCUT2D eigenvalue weighted by molar-refractivity contribution is 7.92. The van der Waals surface area contributed by atoms with Crippen LogP contribution in [0, 0.1) is 0 Å². The van der Waals surface area contributed by atoms with Crippen molar-refractivity contribution in [1.82, 2.24) is 0 Å². The monoisotopic (exact) mass is 359 g/mol. The molecule has 0 aliphatic heterocycles. The third-order valence-electron chi connectivity index (χ3n) is 3.65. The van der Waals surface area contributed by atoms with Crippen molar-refractivity contribution in [3.63, 3.8) is 0 Å². The number of aliphatic hydroxyl groups is 1. The van der Waals surface area contributed by atoms with Gasteiger partial charge in [-0.15, -0.1) is 0 Å². The van der Waals surface area contributed by atoms with Crippen LogP contribution in [0.4, 0.5) is 5.69 Å². The number of anilines is 1. The number of fused-ring (bicyclic) bond motifs is 1.